The molecule has 0 saturated carbocycles. The second-order valence-corrected chi connectivity index (χ2v) is 3.96. The third-order valence-electron chi connectivity index (χ3n) is 2.45. The normalized spacial score (nSPS) is 12.8. The van der Waals surface area contributed by atoms with Crippen molar-refractivity contribution in [2.24, 2.45) is 5.73 Å². The molecule has 84 valence electrons. The number of rotatable bonds is 5. The largest absolute Gasteiger partial charge is 0.330 e. The summed E-state index contributed by atoms with van der Waals surface area (Å²) >= 11 is 0. The van der Waals surface area contributed by atoms with E-state index in [1.807, 2.05) is 13.8 Å². The van der Waals surface area contributed by atoms with Crippen molar-refractivity contribution in [2.75, 3.05) is 6.54 Å². The molecule has 1 aromatic rings. The van der Waals surface area contributed by atoms with Crippen LogP contribution in [0.2, 0.25) is 0 Å². The van der Waals surface area contributed by atoms with Gasteiger partial charge in [-0.1, -0.05) is 0 Å². The van der Waals surface area contributed by atoms with E-state index in [4.69, 9.17) is 5.73 Å². The predicted molar refractivity (Wildman–Crippen MR) is 61.5 cm³/mol. The molecule has 1 aromatic heterocycles. The molecule has 3 N–H and O–H groups in total. The number of hydrogen-bond acceptors (Lipinski definition) is 4. The Balaban J connectivity index is 2.53. The van der Waals surface area contributed by atoms with Crippen LogP contribution in [0.1, 0.15) is 30.3 Å². The average molecular weight is 208 g/mol. The molecule has 1 atom stereocenters. The first-order valence-electron chi connectivity index (χ1n) is 5.36. The van der Waals surface area contributed by atoms with Crippen LogP contribution >= 0.6 is 0 Å². The van der Waals surface area contributed by atoms with Gasteiger partial charge >= 0.3 is 0 Å². The highest BCUT2D eigenvalue weighted by Gasteiger charge is 2.04. The molecule has 0 radical (unpaired) electrons. The summed E-state index contributed by atoms with van der Waals surface area (Å²) in [4.78, 5) is 0. The Bertz CT molecular complexity index is 311. The summed E-state index contributed by atoms with van der Waals surface area (Å²) < 4.78 is 0. The Labute approximate surface area is 91.3 Å². The number of nitrogens with zero attached hydrogens (tertiary/aromatic N) is 2. The molecule has 0 spiro atoms. The van der Waals surface area contributed by atoms with Gasteiger partial charge in [-0.3, -0.25) is 0 Å². The molecular weight excluding hydrogens is 188 g/mol. The number of aryl methyl sites for hydroxylation is 2. The van der Waals surface area contributed by atoms with Gasteiger partial charge in [0.15, 0.2) is 0 Å². The highest BCUT2D eigenvalue weighted by Crippen LogP contribution is 2.05. The highest BCUT2D eigenvalue weighted by molar-refractivity contribution is 5.19. The van der Waals surface area contributed by atoms with Crippen molar-refractivity contribution in [3.8, 4) is 0 Å². The molecule has 1 rings (SSSR count). The lowest BCUT2D eigenvalue weighted by Gasteiger charge is -2.13. The maximum absolute atomic E-state index is 5.49. The van der Waals surface area contributed by atoms with Crippen molar-refractivity contribution in [1.29, 1.82) is 0 Å². The molecule has 1 heterocycles. The van der Waals surface area contributed by atoms with Gasteiger partial charge in [-0.15, -0.1) is 0 Å². The fourth-order valence-electron chi connectivity index (χ4n) is 1.42. The first-order valence-corrected chi connectivity index (χ1v) is 5.36. The first-order chi connectivity index (χ1) is 7.13. The number of aromatic nitrogens is 2. The van der Waals surface area contributed by atoms with Crippen LogP contribution in [0.25, 0.3) is 0 Å². The Morgan fingerprint density at radius 3 is 2.80 bits per heavy atom. The lowest BCUT2D eigenvalue weighted by Crippen LogP contribution is -2.28. The topological polar surface area (TPSA) is 63.8 Å². The van der Waals surface area contributed by atoms with Gasteiger partial charge in [0.2, 0.25) is 0 Å². The zero-order valence-corrected chi connectivity index (χ0v) is 9.75. The predicted octanol–water partition coefficient (Wildman–Crippen LogP) is 0.920. The summed E-state index contributed by atoms with van der Waals surface area (Å²) in [5.41, 5.74) is 8.66. The summed E-state index contributed by atoms with van der Waals surface area (Å²) in [7, 11) is 0. The maximum Gasteiger partial charge on any atom is 0.0645 e. The SMILES string of the molecule is Cc1cc(CNC(C)CCN)c(C)nn1. The van der Waals surface area contributed by atoms with Gasteiger partial charge in [0.05, 0.1) is 11.4 Å². The number of hydrogen-bond donors (Lipinski definition) is 2. The smallest absolute Gasteiger partial charge is 0.0645 e. The minimum absolute atomic E-state index is 0.447. The van der Waals surface area contributed by atoms with Crippen LogP contribution in [0.3, 0.4) is 0 Å². The van der Waals surface area contributed by atoms with Gasteiger partial charge in [-0.25, -0.2) is 0 Å². The van der Waals surface area contributed by atoms with Crippen molar-refractivity contribution < 1.29 is 0 Å². The van der Waals surface area contributed by atoms with Crippen LogP contribution in [0.15, 0.2) is 6.07 Å². The zero-order valence-electron chi connectivity index (χ0n) is 9.75. The summed E-state index contributed by atoms with van der Waals surface area (Å²) in [6.45, 7) is 7.64. The van der Waals surface area contributed by atoms with E-state index in [0.29, 0.717) is 6.04 Å². The molecule has 0 bridgehead atoms. The van der Waals surface area contributed by atoms with Gasteiger partial charge < -0.3 is 11.1 Å². The molecule has 4 nitrogen and oxygen atoms in total. The van der Waals surface area contributed by atoms with Crippen LogP contribution in [-0.4, -0.2) is 22.8 Å². The summed E-state index contributed by atoms with van der Waals surface area (Å²) in [5.74, 6) is 0. The molecule has 0 aliphatic heterocycles. The van der Waals surface area contributed by atoms with Crippen LogP contribution in [-0.2, 0) is 6.54 Å². The van der Waals surface area contributed by atoms with E-state index in [9.17, 15) is 0 Å². The summed E-state index contributed by atoms with van der Waals surface area (Å²) in [6.07, 6.45) is 0.997. The van der Waals surface area contributed by atoms with Crippen LogP contribution in [0.4, 0.5) is 0 Å². The molecule has 1 unspecified atom stereocenters. The monoisotopic (exact) mass is 208 g/mol. The molecule has 0 saturated heterocycles. The van der Waals surface area contributed by atoms with Gasteiger partial charge in [-0.05, 0) is 45.4 Å². The van der Waals surface area contributed by atoms with Gasteiger partial charge in [0.25, 0.3) is 0 Å². The average Bonchev–Trinajstić information content (AvgIpc) is 2.20. The molecule has 0 aliphatic rings. The van der Waals surface area contributed by atoms with E-state index >= 15 is 0 Å². The Morgan fingerprint density at radius 2 is 2.13 bits per heavy atom. The minimum atomic E-state index is 0.447. The van der Waals surface area contributed by atoms with Crippen molar-refractivity contribution in [3.05, 3.63) is 23.0 Å². The molecule has 0 amide bonds. The van der Waals surface area contributed by atoms with Crippen LogP contribution < -0.4 is 11.1 Å². The minimum Gasteiger partial charge on any atom is -0.330 e. The van der Waals surface area contributed by atoms with Gasteiger partial charge in [0, 0.05) is 12.6 Å². The van der Waals surface area contributed by atoms with Crippen molar-refractivity contribution in [2.45, 2.75) is 39.8 Å². The van der Waals surface area contributed by atoms with Crippen LogP contribution in [0.5, 0.6) is 0 Å². The quantitative estimate of drug-likeness (QED) is 0.755. The third kappa shape index (κ3) is 3.93. The van der Waals surface area contributed by atoms with E-state index < -0.39 is 0 Å². The molecule has 15 heavy (non-hydrogen) atoms. The Kier molecular flexibility index (Phi) is 4.65. The second kappa shape index (κ2) is 5.78. The first kappa shape index (κ1) is 12.1. The fourth-order valence-corrected chi connectivity index (χ4v) is 1.42. The molecule has 0 aliphatic carbocycles. The second-order valence-electron chi connectivity index (χ2n) is 3.96. The molecular formula is C11H20N4. The van der Waals surface area contributed by atoms with Crippen molar-refractivity contribution in [1.82, 2.24) is 15.5 Å². The Hall–Kier alpha value is -1.00. The molecule has 0 aromatic carbocycles. The van der Waals surface area contributed by atoms with E-state index in [2.05, 4.69) is 28.5 Å². The number of nitrogens with two attached hydrogens (primary N) is 1. The summed E-state index contributed by atoms with van der Waals surface area (Å²) in [6, 6.07) is 2.52. The molecule has 4 heteroatoms. The lowest BCUT2D eigenvalue weighted by molar-refractivity contribution is 0.517. The van der Waals surface area contributed by atoms with Gasteiger partial charge in [0.1, 0.15) is 0 Å². The van der Waals surface area contributed by atoms with E-state index in [1.165, 1.54) is 5.56 Å². The molecule has 0 fully saturated rings. The standard InChI is InChI=1S/C11H20N4/c1-8(4-5-12)13-7-11-6-9(2)14-15-10(11)3/h6,8,13H,4-5,7,12H2,1-3H3. The fraction of sp³-hybridized carbons (Fsp3) is 0.636. The van der Waals surface area contributed by atoms with E-state index in [-0.39, 0.29) is 0 Å². The lowest BCUT2D eigenvalue weighted by atomic mass is 10.1. The summed E-state index contributed by atoms with van der Waals surface area (Å²) in [5, 5.41) is 11.5. The number of nitrogens with one attached hydrogen (secondary N) is 1. The van der Waals surface area contributed by atoms with E-state index in [1.54, 1.807) is 0 Å². The third-order valence-corrected chi connectivity index (χ3v) is 2.45. The van der Waals surface area contributed by atoms with Gasteiger partial charge in [-0.2, -0.15) is 10.2 Å². The maximum atomic E-state index is 5.49. The van der Waals surface area contributed by atoms with Crippen molar-refractivity contribution >= 4 is 0 Å². The van der Waals surface area contributed by atoms with Crippen LogP contribution in [0, 0.1) is 13.8 Å². The van der Waals surface area contributed by atoms with Crippen molar-refractivity contribution in [3.63, 3.8) is 0 Å². The highest BCUT2D eigenvalue weighted by atomic mass is 15.1. The zero-order chi connectivity index (χ0) is 11.3. The Morgan fingerprint density at radius 1 is 1.40 bits per heavy atom. The van der Waals surface area contributed by atoms with E-state index in [0.717, 1.165) is 30.9 Å².